The third-order valence-corrected chi connectivity index (χ3v) is 1.58. The van der Waals surface area contributed by atoms with Gasteiger partial charge in [0, 0.05) is 7.11 Å². The number of ketones is 2. The Bertz CT molecular complexity index is 219. The molecule has 80 valence electrons. The van der Waals surface area contributed by atoms with E-state index < -0.39 is 23.5 Å². The van der Waals surface area contributed by atoms with Crippen molar-refractivity contribution in [3.8, 4) is 0 Å². The first-order valence-corrected chi connectivity index (χ1v) is 4.17. The van der Waals surface area contributed by atoms with Gasteiger partial charge in [-0.2, -0.15) is 0 Å². The number of Topliss-reactive ketones (excluding diaryl/α,β-unsaturated/α-hetero) is 2. The van der Waals surface area contributed by atoms with Crippen LogP contribution < -0.4 is 0 Å². The average molecular weight is 202 g/mol. The summed E-state index contributed by atoms with van der Waals surface area (Å²) in [6.07, 6.45) is 0. The van der Waals surface area contributed by atoms with E-state index in [0.29, 0.717) is 0 Å². The van der Waals surface area contributed by atoms with Crippen LogP contribution in [0.4, 0.5) is 0 Å². The zero-order valence-electron chi connectivity index (χ0n) is 8.53. The average Bonchev–Trinajstić information content (AvgIpc) is 2.03. The third-order valence-electron chi connectivity index (χ3n) is 1.58. The van der Waals surface area contributed by atoms with E-state index in [1.54, 1.807) is 0 Å². The van der Waals surface area contributed by atoms with Crippen LogP contribution in [0.1, 0.15) is 13.8 Å². The molecule has 0 fully saturated rings. The first-order chi connectivity index (χ1) is 6.50. The largest absolute Gasteiger partial charge is 0.462 e. The van der Waals surface area contributed by atoms with Crippen molar-refractivity contribution in [3.05, 3.63) is 0 Å². The van der Waals surface area contributed by atoms with Crippen molar-refractivity contribution in [2.24, 2.45) is 5.92 Å². The number of hydrogen-bond acceptors (Lipinski definition) is 5. The molecule has 14 heavy (non-hydrogen) atoms. The molecular formula is C9H14O5. The number of carbonyl (C=O) groups excluding carboxylic acids is 3. The first-order valence-electron chi connectivity index (χ1n) is 4.17. The van der Waals surface area contributed by atoms with E-state index in [1.165, 1.54) is 21.0 Å². The van der Waals surface area contributed by atoms with Gasteiger partial charge >= 0.3 is 5.97 Å². The topological polar surface area (TPSA) is 69.7 Å². The van der Waals surface area contributed by atoms with Gasteiger partial charge in [-0.05, 0) is 13.8 Å². The van der Waals surface area contributed by atoms with Crippen LogP contribution in [-0.4, -0.2) is 37.9 Å². The second-order valence-corrected chi connectivity index (χ2v) is 2.81. The Hall–Kier alpha value is -1.23. The summed E-state index contributed by atoms with van der Waals surface area (Å²) in [5, 5.41) is 0. The fourth-order valence-corrected chi connectivity index (χ4v) is 0.927. The highest BCUT2D eigenvalue weighted by atomic mass is 16.6. The van der Waals surface area contributed by atoms with Crippen LogP contribution >= 0.6 is 0 Å². The number of hydrogen-bond donors (Lipinski definition) is 0. The van der Waals surface area contributed by atoms with Gasteiger partial charge in [-0.1, -0.05) is 0 Å². The first kappa shape index (κ1) is 12.8. The van der Waals surface area contributed by atoms with E-state index in [0.717, 1.165) is 0 Å². The highest BCUT2D eigenvalue weighted by Crippen LogP contribution is 2.03. The minimum Gasteiger partial charge on any atom is -0.462 e. The van der Waals surface area contributed by atoms with E-state index in [2.05, 4.69) is 9.47 Å². The molecule has 0 N–H and O–H groups in total. The number of esters is 1. The molecule has 5 heteroatoms. The summed E-state index contributed by atoms with van der Waals surface area (Å²) in [6, 6.07) is 0. The summed E-state index contributed by atoms with van der Waals surface area (Å²) in [7, 11) is 1.46. The van der Waals surface area contributed by atoms with Gasteiger partial charge in [-0.15, -0.1) is 0 Å². The van der Waals surface area contributed by atoms with Gasteiger partial charge < -0.3 is 9.47 Å². The Morgan fingerprint density at radius 2 is 1.57 bits per heavy atom. The lowest BCUT2D eigenvalue weighted by Gasteiger charge is -2.09. The summed E-state index contributed by atoms with van der Waals surface area (Å²) in [6.45, 7) is 2.66. The smallest absolute Gasteiger partial charge is 0.324 e. The van der Waals surface area contributed by atoms with Crippen molar-refractivity contribution in [1.82, 2.24) is 0 Å². The van der Waals surface area contributed by atoms with E-state index in [-0.39, 0.29) is 13.2 Å². The molecule has 0 aromatic heterocycles. The van der Waals surface area contributed by atoms with Crippen LogP contribution in [0.2, 0.25) is 0 Å². The molecule has 0 aliphatic rings. The van der Waals surface area contributed by atoms with E-state index in [9.17, 15) is 14.4 Å². The molecule has 0 radical (unpaired) electrons. The predicted molar refractivity (Wildman–Crippen MR) is 47.7 cm³/mol. The minimum atomic E-state index is -1.29. The Balaban J connectivity index is 4.17. The Morgan fingerprint density at radius 1 is 1.07 bits per heavy atom. The summed E-state index contributed by atoms with van der Waals surface area (Å²) in [5.41, 5.74) is 0. The van der Waals surface area contributed by atoms with Crippen molar-refractivity contribution in [2.75, 3.05) is 20.3 Å². The van der Waals surface area contributed by atoms with Crippen molar-refractivity contribution in [2.45, 2.75) is 13.8 Å². The molecule has 0 spiro atoms. The molecule has 0 aromatic rings. The molecule has 0 rings (SSSR count). The maximum Gasteiger partial charge on any atom is 0.324 e. The maximum atomic E-state index is 11.2. The van der Waals surface area contributed by atoms with Crippen LogP contribution in [0, 0.1) is 5.92 Å². The summed E-state index contributed by atoms with van der Waals surface area (Å²) in [4.78, 5) is 33.0. The molecule has 0 saturated carbocycles. The molecule has 0 aliphatic carbocycles. The molecule has 0 aliphatic heterocycles. The van der Waals surface area contributed by atoms with Gasteiger partial charge in [-0.25, -0.2) is 0 Å². The molecule has 0 saturated heterocycles. The van der Waals surface area contributed by atoms with Gasteiger partial charge in [0.15, 0.2) is 17.5 Å². The molecule has 0 aromatic carbocycles. The van der Waals surface area contributed by atoms with Crippen LogP contribution in [0.3, 0.4) is 0 Å². The molecule has 5 nitrogen and oxygen atoms in total. The number of carbonyl (C=O) groups is 3. The molecule has 0 bridgehead atoms. The predicted octanol–water partition coefficient (Wildman–Crippen LogP) is -0.0298. The molecule has 0 unspecified atom stereocenters. The van der Waals surface area contributed by atoms with Crippen molar-refractivity contribution in [1.29, 1.82) is 0 Å². The van der Waals surface area contributed by atoms with Crippen molar-refractivity contribution in [3.63, 3.8) is 0 Å². The van der Waals surface area contributed by atoms with Crippen LogP contribution in [-0.2, 0) is 23.9 Å². The lowest BCUT2D eigenvalue weighted by molar-refractivity contribution is -0.155. The van der Waals surface area contributed by atoms with E-state index >= 15 is 0 Å². The van der Waals surface area contributed by atoms with Crippen LogP contribution in [0.15, 0.2) is 0 Å². The van der Waals surface area contributed by atoms with Crippen LogP contribution in [0.25, 0.3) is 0 Å². The highest BCUT2D eigenvalue weighted by Gasteiger charge is 2.29. The number of methoxy groups -OCH3 is 1. The summed E-state index contributed by atoms with van der Waals surface area (Å²) >= 11 is 0. The van der Waals surface area contributed by atoms with E-state index in [4.69, 9.17) is 0 Å². The summed E-state index contributed by atoms with van der Waals surface area (Å²) < 4.78 is 9.31. The van der Waals surface area contributed by atoms with E-state index in [1.807, 2.05) is 0 Å². The second-order valence-electron chi connectivity index (χ2n) is 2.81. The van der Waals surface area contributed by atoms with Crippen molar-refractivity contribution >= 4 is 17.5 Å². The van der Waals surface area contributed by atoms with Gasteiger partial charge in [0.2, 0.25) is 0 Å². The minimum absolute atomic E-state index is 0.0480. The Labute approximate surface area is 82.4 Å². The molecular weight excluding hydrogens is 188 g/mol. The van der Waals surface area contributed by atoms with Crippen molar-refractivity contribution < 1.29 is 23.9 Å². The Kier molecular flexibility index (Phi) is 5.71. The third kappa shape index (κ3) is 4.13. The van der Waals surface area contributed by atoms with Gasteiger partial charge in [0.1, 0.15) is 6.61 Å². The molecule has 0 amide bonds. The maximum absolute atomic E-state index is 11.2. The van der Waals surface area contributed by atoms with Gasteiger partial charge in [-0.3, -0.25) is 14.4 Å². The normalized spacial score (nSPS) is 10.0. The fourth-order valence-electron chi connectivity index (χ4n) is 0.927. The zero-order chi connectivity index (χ0) is 11.1. The second kappa shape index (κ2) is 6.26. The van der Waals surface area contributed by atoms with Gasteiger partial charge in [0.25, 0.3) is 0 Å². The summed E-state index contributed by atoms with van der Waals surface area (Å²) in [5.74, 6) is -3.09. The quantitative estimate of drug-likeness (QED) is 0.343. The lowest BCUT2D eigenvalue weighted by Crippen LogP contribution is -2.31. The standard InChI is InChI=1S/C9H14O5/c1-6(10)8(7(2)11)9(12)14-5-4-13-3/h8H,4-5H2,1-3H3. The van der Waals surface area contributed by atoms with Gasteiger partial charge in [0.05, 0.1) is 6.61 Å². The Morgan fingerprint density at radius 3 is 1.93 bits per heavy atom. The highest BCUT2D eigenvalue weighted by molar-refractivity contribution is 6.15. The SMILES string of the molecule is COCCOC(=O)C(C(C)=O)C(C)=O. The molecule has 0 atom stereocenters. The van der Waals surface area contributed by atoms with Crippen LogP contribution in [0.5, 0.6) is 0 Å². The number of rotatable bonds is 6. The number of ether oxygens (including phenoxy) is 2. The fraction of sp³-hybridized carbons (Fsp3) is 0.667. The monoisotopic (exact) mass is 202 g/mol. The zero-order valence-corrected chi connectivity index (χ0v) is 8.53. The molecule has 0 heterocycles. The lowest BCUT2D eigenvalue weighted by atomic mass is 10.0.